The Labute approximate surface area is 228 Å². The maximum absolute atomic E-state index is 13.2. The van der Waals surface area contributed by atoms with Gasteiger partial charge in [-0.1, -0.05) is 68.3 Å². The van der Waals surface area contributed by atoms with E-state index in [2.05, 4.69) is 10.8 Å². The van der Waals surface area contributed by atoms with E-state index in [1.54, 1.807) is 6.07 Å². The fourth-order valence-electron chi connectivity index (χ4n) is 6.20. The summed E-state index contributed by atoms with van der Waals surface area (Å²) in [5, 5.41) is 33.8. The molecule has 4 rings (SSSR count). The SMILES string of the molecule is CC/C(=C\c1ccc(O)c2ccccc12)CC[C@@H](O)C1=C(C(C)C)C[C@H]2C(=O)N(C(=O)OC)C(=O)[C@H]2[C@H]1CO. The Bertz CT molecular complexity index is 1340. The number of phenols is 1. The fraction of sp³-hybridized carbons (Fsp3) is 0.452. The normalized spacial score (nSPS) is 22.6. The van der Waals surface area contributed by atoms with Gasteiger partial charge in [-0.15, -0.1) is 0 Å². The molecule has 2 aromatic rings. The molecule has 0 aromatic heterocycles. The van der Waals surface area contributed by atoms with Crippen LogP contribution >= 0.6 is 0 Å². The van der Waals surface area contributed by atoms with Crippen molar-refractivity contribution in [3.05, 3.63) is 58.7 Å². The van der Waals surface area contributed by atoms with Gasteiger partial charge in [0.15, 0.2) is 0 Å². The van der Waals surface area contributed by atoms with Crippen LogP contribution in [0.3, 0.4) is 0 Å². The van der Waals surface area contributed by atoms with Crippen LogP contribution in [0.4, 0.5) is 4.79 Å². The zero-order chi connectivity index (χ0) is 28.4. The first-order valence-corrected chi connectivity index (χ1v) is 13.5. The lowest BCUT2D eigenvalue weighted by atomic mass is 9.66. The number of hydrogen-bond acceptors (Lipinski definition) is 7. The van der Waals surface area contributed by atoms with Gasteiger partial charge in [0.2, 0.25) is 11.8 Å². The molecule has 8 heteroatoms. The Morgan fingerprint density at radius 1 is 1.13 bits per heavy atom. The first kappa shape index (κ1) is 28.5. The van der Waals surface area contributed by atoms with Gasteiger partial charge < -0.3 is 20.1 Å². The lowest BCUT2D eigenvalue weighted by Crippen LogP contribution is -2.40. The lowest BCUT2D eigenvalue weighted by molar-refractivity contribution is -0.137. The summed E-state index contributed by atoms with van der Waals surface area (Å²) in [6.45, 7) is 5.55. The second kappa shape index (κ2) is 11.7. The molecule has 1 fully saturated rings. The highest BCUT2D eigenvalue weighted by Crippen LogP contribution is 2.48. The van der Waals surface area contributed by atoms with Crippen LogP contribution in [0.15, 0.2) is 53.1 Å². The summed E-state index contributed by atoms with van der Waals surface area (Å²) in [7, 11) is 1.11. The average molecular weight is 536 g/mol. The summed E-state index contributed by atoms with van der Waals surface area (Å²) >= 11 is 0. The van der Waals surface area contributed by atoms with Crippen molar-refractivity contribution >= 4 is 34.8 Å². The largest absolute Gasteiger partial charge is 0.507 e. The van der Waals surface area contributed by atoms with E-state index in [1.807, 2.05) is 51.1 Å². The van der Waals surface area contributed by atoms with Crippen LogP contribution in [-0.2, 0) is 14.3 Å². The number of fused-ring (bicyclic) bond motifs is 2. The smallest absolute Gasteiger partial charge is 0.423 e. The van der Waals surface area contributed by atoms with Crippen LogP contribution in [0.5, 0.6) is 5.75 Å². The molecule has 1 aliphatic carbocycles. The first-order chi connectivity index (χ1) is 18.6. The maximum atomic E-state index is 13.2. The highest BCUT2D eigenvalue weighted by molar-refractivity contribution is 6.16. The van der Waals surface area contributed by atoms with E-state index in [0.717, 1.165) is 41.0 Å². The molecule has 1 saturated heterocycles. The number of likely N-dealkylation sites (tertiary alicyclic amines) is 1. The number of ether oxygens (including phenoxy) is 1. The number of rotatable bonds is 8. The van der Waals surface area contributed by atoms with Crippen molar-refractivity contribution < 1.29 is 34.4 Å². The van der Waals surface area contributed by atoms with Crippen LogP contribution in [-0.4, -0.2) is 57.9 Å². The highest BCUT2D eigenvalue weighted by Gasteiger charge is 2.57. The molecule has 1 aliphatic heterocycles. The Kier molecular flexibility index (Phi) is 8.57. The van der Waals surface area contributed by atoms with E-state index < -0.39 is 48.4 Å². The van der Waals surface area contributed by atoms with Crippen molar-refractivity contribution in [2.24, 2.45) is 23.7 Å². The fourth-order valence-corrected chi connectivity index (χ4v) is 6.20. The molecule has 8 nitrogen and oxygen atoms in total. The summed E-state index contributed by atoms with van der Waals surface area (Å²) in [5.74, 6) is -3.55. The molecular formula is C31H37NO7. The molecule has 0 saturated carbocycles. The predicted octanol–water partition coefficient (Wildman–Crippen LogP) is 4.81. The highest BCUT2D eigenvalue weighted by atomic mass is 16.5. The second-order valence-corrected chi connectivity index (χ2v) is 10.7. The molecule has 3 amide bonds. The monoisotopic (exact) mass is 535 g/mol. The number of carbonyl (C=O) groups is 3. The van der Waals surface area contributed by atoms with Crippen LogP contribution in [0.2, 0.25) is 0 Å². The zero-order valence-corrected chi connectivity index (χ0v) is 22.9. The number of benzene rings is 2. The summed E-state index contributed by atoms with van der Waals surface area (Å²) in [6.07, 6.45) is 2.09. The number of phenolic OH excluding ortho intramolecular Hbond substituents is 1. The minimum atomic E-state index is -1.02. The number of carbonyl (C=O) groups excluding carboxylic acids is 3. The van der Waals surface area contributed by atoms with E-state index in [1.165, 1.54) is 0 Å². The standard InChI is InChI=1S/C31H37NO7/c1-5-18(14-19-11-13-25(34)21-9-7-6-8-20(19)21)10-12-26(35)27-22(17(2)3)15-23-28(24(27)16-33)30(37)32(29(23)36)31(38)39-4/h6-9,11,13-14,17,23-24,26,28,33-35H,5,10,12,15-16H2,1-4H3/b18-14+/t23-,24+,26-,28-/m1/s1. The summed E-state index contributed by atoms with van der Waals surface area (Å²) in [5.41, 5.74) is 3.53. The number of aliphatic hydroxyl groups is 2. The lowest BCUT2D eigenvalue weighted by Gasteiger charge is -2.38. The quantitative estimate of drug-likeness (QED) is 0.327. The van der Waals surface area contributed by atoms with Crippen LogP contribution in [0.25, 0.3) is 16.8 Å². The van der Waals surface area contributed by atoms with E-state index in [-0.39, 0.29) is 18.1 Å². The number of hydrogen-bond donors (Lipinski definition) is 3. The number of aliphatic hydroxyl groups excluding tert-OH is 2. The van der Waals surface area contributed by atoms with Crippen molar-refractivity contribution in [3.63, 3.8) is 0 Å². The average Bonchev–Trinajstić information content (AvgIpc) is 3.19. The van der Waals surface area contributed by atoms with E-state index >= 15 is 0 Å². The predicted molar refractivity (Wildman–Crippen MR) is 147 cm³/mol. The van der Waals surface area contributed by atoms with Crippen molar-refractivity contribution in [1.29, 1.82) is 0 Å². The summed E-state index contributed by atoms with van der Waals surface area (Å²) in [4.78, 5) is 38.9. The molecule has 3 N–H and O–H groups in total. The molecule has 0 unspecified atom stereocenters. The zero-order valence-electron chi connectivity index (χ0n) is 22.9. The Morgan fingerprint density at radius 2 is 1.82 bits per heavy atom. The Balaban J connectivity index is 1.62. The van der Waals surface area contributed by atoms with Gasteiger partial charge in [-0.05, 0) is 54.2 Å². The van der Waals surface area contributed by atoms with Gasteiger partial charge in [0, 0.05) is 11.3 Å². The number of nitrogens with zero attached hydrogens (tertiary/aromatic N) is 1. The molecule has 2 aliphatic rings. The second-order valence-electron chi connectivity index (χ2n) is 10.7. The summed E-state index contributed by atoms with van der Waals surface area (Å²) < 4.78 is 4.66. The van der Waals surface area contributed by atoms with Gasteiger partial charge in [0.05, 0.1) is 31.7 Å². The Hall–Kier alpha value is -3.49. The third-order valence-electron chi connectivity index (χ3n) is 8.22. The molecule has 0 bridgehead atoms. The molecule has 39 heavy (non-hydrogen) atoms. The number of imide groups is 3. The minimum Gasteiger partial charge on any atom is -0.507 e. The molecule has 4 atom stereocenters. The van der Waals surface area contributed by atoms with Gasteiger partial charge in [-0.25, -0.2) is 4.79 Å². The van der Waals surface area contributed by atoms with Crippen LogP contribution in [0, 0.1) is 23.7 Å². The Morgan fingerprint density at radius 3 is 2.44 bits per heavy atom. The number of amides is 3. The van der Waals surface area contributed by atoms with Crippen molar-refractivity contribution in [2.45, 2.75) is 52.6 Å². The number of aromatic hydroxyl groups is 1. The minimum absolute atomic E-state index is 0.0238. The number of methoxy groups -OCH3 is 1. The number of allylic oxidation sites excluding steroid dienone is 2. The van der Waals surface area contributed by atoms with Gasteiger partial charge in [-0.3, -0.25) is 9.59 Å². The van der Waals surface area contributed by atoms with E-state index in [9.17, 15) is 29.7 Å². The van der Waals surface area contributed by atoms with Gasteiger partial charge in [-0.2, -0.15) is 4.90 Å². The maximum Gasteiger partial charge on any atom is 0.423 e. The van der Waals surface area contributed by atoms with Gasteiger partial charge in [0.1, 0.15) is 5.75 Å². The molecule has 1 heterocycles. The van der Waals surface area contributed by atoms with E-state index in [0.29, 0.717) is 23.3 Å². The van der Waals surface area contributed by atoms with Crippen LogP contribution < -0.4 is 0 Å². The molecule has 208 valence electrons. The van der Waals surface area contributed by atoms with Gasteiger partial charge in [0.25, 0.3) is 0 Å². The third-order valence-corrected chi connectivity index (χ3v) is 8.22. The topological polar surface area (TPSA) is 124 Å². The first-order valence-electron chi connectivity index (χ1n) is 13.5. The van der Waals surface area contributed by atoms with Crippen molar-refractivity contribution in [3.8, 4) is 5.75 Å². The van der Waals surface area contributed by atoms with Crippen LogP contribution in [0.1, 0.15) is 52.0 Å². The van der Waals surface area contributed by atoms with Crippen molar-refractivity contribution in [1.82, 2.24) is 4.90 Å². The molecule has 0 radical (unpaired) electrons. The van der Waals surface area contributed by atoms with Gasteiger partial charge >= 0.3 is 6.09 Å². The van der Waals surface area contributed by atoms with Crippen molar-refractivity contribution in [2.75, 3.05) is 13.7 Å². The van der Waals surface area contributed by atoms with E-state index in [4.69, 9.17) is 0 Å². The third kappa shape index (κ3) is 5.23. The summed E-state index contributed by atoms with van der Waals surface area (Å²) in [6, 6.07) is 11.2. The molecule has 2 aromatic carbocycles. The molecule has 0 spiro atoms. The molecular weight excluding hydrogens is 498 g/mol.